The van der Waals surface area contributed by atoms with E-state index < -0.39 is 22.3 Å². The maximum atomic E-state index is 11.1. The number of rotatable bonds is 14. The van der Waals surface area contributed by atoms with Crippen LogP contribution in [0, 0.1) is 0 Å². The third-order valence-electron chi connectivity index (χ3n) is 3.30. The molecule has 0 saturated carbocycles. The van der Waals surface area contributed by atoms with E-state index in [0.29, 0.717) is 6.61 Å². The SMILES string of the molecule is CCCCCCCCCCCCOC(=O)CCC(=O)O.O=S(=O)(O)O. The Balaban J connectivity index is 0. The van der Waals surface area contributed by atoms with Crippen LogP contribution in [-0.4, -0.2) is 41.2 Å². The van der Waals surface area contributed by atoms with Crippen molar-refractivity contribution in [3.63, 3.8) is 0 Å². The standard InChI is InChI=1S/C16H30O4.H2O4S/c1-2-3-4-5-6-7-8-9-10-11-14-20-16(19)13-12-15(17)18;1-5(2,3)4/h2-14H2,1H3,(H,17,18);(H2,1,2,3,4). The van der Waals surface area contributed by atoms with Gasteiger partial charge < -0.3 is 9.84 Å². The second-order valence-electron chi connectivity index (χ2n) is 5.74. The van der Waals surface area contributed by atoms with Crippen molar-refractivity contribution in [2.75, 3.05) is 6.61 Å². The zero-order chi connectivity index (χ0) is 19.6. The van der Waals surface area contributed by atoms with Crippen molar-refractivity contribution in [2.24, 2.45) is 0 Å². The van der Waals surface area contributed by atoms with Crippen LogP contribution in [0.4, 0.5) is 0 Å². The fraction of sp³-hybridized carbons (Fsp3) is 0.875. The summed E-state index contributed by atoms with van der Waals surface area (Å²) < 4.78 is 36.5. The van der Waals surface area contributed by atoms with E-state index in [1.54, 1.807) is 0 Å². The average Bonchev–Trinajstić information content (AvgIpc) is 2.49. The molecule has 0 aromatic heterocycles. The predicted octanol–water partition coefficient (Wildman–Crippen LogP) is 3.66. The average molecular weight is 384 g/mol. The molecule has 0 aromatic rings. The summed E-state index contributed by atoms with van der Waals surface area (Å²) in [5.41, 5.74) is 0. The van der Waals surface area contributed by atoms with Crippen molar-refractivity contribution >= 4 is 22.3 Å². The number of ether oxygens (including phenoxy) is 1. The summed E-state index contributed by atoms with van der Waals surface area (Å²) in [7, 11) is -4.67. The second-order valence-corrected chi connectivity index (χ2v) is 6.64. The molecule has 0 rings (SSSR count). The molecule has 150 valence electrons. The molecule has 0 bridgehead atoms. The fourth-order valence-electron chi connectivity index (χ4n) is 2.06. The Morgan fingerprint density at radius 2 is 1.20 bits per heavy atom. The molecule has 3 N–H and O–H groups in total. The van der Waals surface area contributed by atoms with Gasteiger partial charge in [0.25, 0.3) is 0 Å². The molecular weight excluding hydrogens is 352 g/mol. The Morgan fingerprint density at radius 1 is 0.800 bits per heavy atom. The second kappa shape index (κ2) is 17.6. The third-order valence-corrected chi connectivity index (χ3v) is 3.30. The maximum Gasteiger partial charge on any atom is 0.394 e. The minimum atomic E-state index is -4.67. The number of carbonyl (C=O) groups is 2. The van der Waals surface area contributed by atoms with E-state index in [-0.39, 0.29) is 12.8 Å². The van der Waals surface area contributed by atoms with Crippen molar-refractivity contribution in [3.8, 4) is 0 Å². The van der Waals surface area contributed by atoms with Crippen LogP contribution in [0.15, 0.2) is 0 Å². The lowest BCUT2D eigenvalue weighted by atomic mass is 10.1. The highest BCUT2D eigenvalue weighted by Gasteiger charge is 2.05. The summed E-state index contributed by atoms with van der Waals surface area (Å²) in [5, 5.41) is 8.41. The quantitative estimate of drug-likeness (QED) is 0.234. The topological polar surface area (TPSA) is 138 Å². The lowest BCUT2D eigenvalue weighted by molar-refractivity contribution is -0.147. The van der Waals surface area contributed by atoms with Gasteiger partial charge in [-0.2, -0.15) is 8.42 Å². The molecule has 0 aliphatic heterocycles. The Hall–Kier alpha value is -1.19. The van der Waals surface area contributed by atoms with Gasteiger partial charge in [-0.1, -0.05) is 64.7 Å². The van der Waals surface area contributed by atoms with E-state index in [1.807, 2.05) is 0 Å². The van der Waals surface area contributed by atoms with Crippen LogP contribution in [0.1, 0.15) is 84.0 Å². The molecule has 25 heavy (non-hydrogen) atoms. The first-order chi connectivity index (χ1) is 11.7. The van der Waals surface area contributed by atoms with Crippen LogP contribution < -0.4 is 0 Å². The highest BCUT2D eigenvalue weighted by Crippen LogP contribution is 2.10. The van der Waals surface area contributed by atoms with Gasteiger partial charge in [0.1, 0.15) is 0 Å². The number of carbonyl (C=O) groups excluding carboxylic acids is 1. The van der Waals surface area contributed by atoms with Crippen molar-refractivity contribution < 1.29 is 37.0 Å². The summed E-state index contributed by atoms with van der Waals surface area (Å²) in [4.78, 5) is 21.4. The number of hydrogen-bond acceptors (Lipinski definition) is 5. The predicted molar refractivity (Wildman–Crippen MR) is 93.9 cm³/mol. The molecule has 0 saturated heterocycles. The molecule has 0 aliphatic rings. The highest BCUT2D eigenvalue weighted by molar-refractivity contribution is 7.79. The molecule has 0 aromatic carbocycles. The monoisotopic (exact) mass is 384 g/mol. The molecule has 9 heteroatoms. The van der Waals surface area contributed by atoms with Gasteiger partial charge in [-0.25, -0.2) is 0 Å². The first kappa shape index (κ1) is 26.0. The van der Waals surface area contributed by atoms with E-state index >= 15 is 0 Å². The number of aliphatic carboxylic acids is 1. The number of carboxylic acids is 1. The number of hydrogen-bond donors (Lipinski definition) is 3. The zero-order valence-corrected chi connectivity index (χ0v) is 15.8. The van der Waals surface area contributed by atoms with E-state index in [9.17, 15) is 9.59 Å². The van der Waals surface area contributed by atoms with Gasteiger partial charge in [0, 0.05) is 0 Å². The summed E-state index contributed by atoms with van der Waals surface area (Å²) in [6, 6.07) is 0. The van der Waals surface area contributed by atoms with E-state index in [4.69, 9.17) is 27.4 Å². The third kappa shape index (κ3) is 35.0. The van der Waals surface area contributed by atoms with Crippen LogP contribution in [0.3, 0.4) is 0 Å². The smallest absolute Gasteiger partial charge is 0.394 e. The van der Waals surface area contributed by atoms with Gasteiger partial charge in [-0.3, -0.25) is 18.7 Å². The lowest BCUT2D eigenvalue weighted by Crippen LogP contribution is -2.08. The largest absolute Gasteiger partial charge is 0.481 e. The van der Waals surface area contributed by atoms with Crippen LogP contribution in [0.5, 0.6) is 0 Å². The van der Waals surface area contributed by atoms with Gasteiger partial charge in [0.05, 0.1) is 19.4 Å². The summed E-state index contributed by atoms with van der Waals surface area (Å²) >= 11 is 0. The van der Waals surface area contributed by atoms with Gasteiger partial charge in [0.15, 0.2) is 0 Å². The fourth-order valence-corrected chi connectivity index (χ4v) is 2.06. The molecule has 0 fully saturated rings. The van der Waals surface area contributed by atoms with Crippen LogP contribution in [0.2, 0.25) is 0 Å². The molecular formula is C16H32O8S. The van der Waals surface area contributed by atoms with E-state index in [2.05, 4.69) is 6.92 Å². The normalized spacial score (nSPS) is 10.7. The molecule has 0 aliphatic carbocycles. The number of unbranched alkanes of at least 4 members (excludes halogenated alkanes) is 9. The zero-order valence-electron chi connectivity index (χ0n) is 15.0. The first-order valence-electron chi connectivity index (χ1n) is 8.74. The summed E-state index contributed by atoms with van der Waals surface area (Å²) in [5.74, 6) is -1.36. The van der Waals surface area contributed by atoms with Crippen molar-refractivity contribution in [1.82, 2.24) is 0 Å². The minimum Gasteiger partial charge on any atom is -0.481 e. The Labute approximate surface area is 150 Å². The van der Waals surface area contributed by atoms with Gasteiger partial charge in [0.2, 0.25) is 0 Å². The van der Waals surface area contributed by atoms with Crippen molar-refractivity contribution in [3.05, 3.63) is 0 Å². The Bertz CT molecular complexity index is 425. The molecule has 0 unspecified atom stereocenters. The van der Waals surface area contributed by atoms with Gasteiger partial charge >= 0.3 is 22.3 Å². The van der Waals surface area contributed by atoms with Crippen molar-refractivity contribution in [1.29, 1.82) is 0 Å². The summed E-state index contributed by atoms with van der Waals surface area (Å²) in [6.07, 6.45) is 12.3. The Kier molecular flexibility index (Phi) is 18.4. The van der Waals surface area contributed by atoms with E-state index in [0.717, 1.165) is 12.8 Å². The molecule has 0 atom stereocenters. The van der Waals surface area contributed by atoms with Crippen LogP contribution in [-0.2, 0) is 24.7 Å². The number of esters is 1. The Morgan fingerprint density at radius 3 is 1.60 bits per heavy atom. The molecule has 8 nitrogen and oxygen atoms in total. The molecule has 0 spiro atoms. The molecule has 0 radical (unpaired) electrons. The molecule has 0 amide bonds. The minimum absolute atomic E-state index is 0.0207. The maximum absolute atomic E-state index is 11.1. The van der Waals surface area contributed by atoms with E-state index in [1.165, 1.54) is 51.4 Å². The van der Waals surface area contributed by atoms with Crippen LogP contribution in [0.25, 0.3) is 0 Å². The van der Waals surface area contributed by atoms with Gasteiger partial charge in [-0.15, -0.1) is 0 Å². The van der Waals surface area contributed by atoms with Gasteiger partial charge in [-0.05, 0) is 6.42 Å². The summed E-state index contributed by atoms with van der Waals surface area (Å²) in [6.45, 7) is 2.66. The van der Waals surface area contributed by atoms with Crippen LogP contribution >= 0.6 is 0 Å². The highest BCUT2D eigenvalue weighted by atomic mass is 32.3. The van der Waals surface area contributed by atoms with Crippen molar-refractivity contribution in [2.45, 2.75) is 84.0 Å². The number of carboxylic acid groups (broad SMARTS) is 1. The lowest BCUT2D eigenvalue weighted by Gasteiger charge is -2.04. The molecule has 0 heterocycles. The first-order valence-corrected chi connectivity index (χ1v) is 10.1.